The third-order valence-corrected chi connectivity index (χ3v) is 5.67. The van der Waals surface area contributed by atoms with Gasteiger partial charge in [0.15, 0.2) is 17.3 Å². The molecule has 0 spiro atoms. The number of ether oxygens (including phenoxy) is 1. The highest BCUT2D eigenvalue weighted by Gasteiger charge is 2.26. The van der Waals surface area contributed by atoms with Gasteiger partial charge in [-0.25, -0.2) is 18.6 Å². The van der Waals surface area contributed by atoms with Crippen molar-refractivity contribution in [3.8, 4) is 17.0 Å². The molecule has 0 aliphatic rings. The van der Waals surface area contributed by atoms with Gasteiger partial charge in [0, 0.05) is 5.56 Å². The molecule has 1 aromatic carbocycles. The molecule has 5 nitrogen and oxygen atoms in total. The summed E-state index contributed by atoms with van der Waals surface area (Å²) >= 11 is 0. The van der Waals surface area contributed by atoms with Crippen LogP contribution < -0.4 is 15.7 Å². The molecule has 0 unspecified atom stereocenters. The topological polar surface area (TPSA) is 85.4 Å². The largest absolute Gasteiger partial charge is 0.492 e. The monoisotopic (exact) mass is 352 g/mol. The van der Waals surface area contributed by atoms with E-state index in [9.17, 15) is 18.7 Å². The molecule has 24 heavy (non-hydrogen) atoms. The number of methoxy groups -OCH3 is 1. The molecule has 3 N–H and O–H groups in total. The molecule has 1 aromatic heterocycles. The van der Waals surface area contributed by atoms with Gasteiger partial charge in [-0.15, -0.1) is 0 Å². The lowest BCUT2D eigenvalue weighted by Gasteiger charge is -2.18. The average molecular weight is 352 g/mol. The summed E-state index contributed by atoms with van der Waals surface area (Å²) in [6.07, 6.45) is 0. The second kappa shape index (κ2) is 6.20. The molecule has 2 rings (SSSR count). The van der Waals surface area contributed by atoms with Gasteiger partial charge in [0.25, 0.3) is 0 Å². The summed E-state index contributed by atoms with van der Waals surface area (Å²) in [5.74, 6) is -3.53. The van der Waals surface area contributed by atoms with Crippen molar-refractivity contribution < 1.29 is 23.4 Å². The van der Waals surface area contributed by atoms with E-state index in [0.717, 1.165) is 12.3 Å². The second-order valence-corrected chi connectivity index (χ2v) is 11.4. The fourth-order valence-electron chi connectivity index (χ4n) is 2.27. The van der Waals surface area contributed by atoms with Crippen molar-refractivity contribution in [1.29, 1.82) is 0 Å². The Morgan fingerprint density at radius 2 is 1.92 bits per heavy atom. The summed E-state index contributed by atoms with van der Waals surface area (Å²) in [6, 6.07) is 4.43. The molecule has 0 bridgehead atoms. The number of nitrogen functional groups attached to an aromatic ring is 1. The van der Waals surface area contributed by atoms with Crippen molar-refractivity contribution >= 4 is 24.9 Å². The lowest BCUT2D eigenvalue weighted by atomic mass is 10.1. The first-order valence-corrected chi connectivity index (χ1v) is 10.6. The normalized spacial score (nSPS) is 11.4. The van der Waals surface area contributed by atoms with E-state index in [-0.39, 0.29) is 11.3 Å². The van der Waals surface area contributed by atoms with Gasteiger partial charge >= 0.3 is 5.97 Å². The number of benzene rings is 1. The first kappa shape index (κ1) is 17.9. The van der Waals surface area contributed by atoms with Gasteiger partial charge in [0.2, 0.25) is 0 Å². The van der Waals surface area contributed by atoms with Crippen LogP contribution in [0.2, 0.25) is 19.6 Å². The molecule has 1 heterocycles. The van der Waals surface area contributed by atoms with E-state index in [1.807, 2.05) is 19.6 Å². The van der Waals surface area contributed by atoms with Gasteiger partial charge in [-0.2, -0.15) is 0 Å². The van der Waals surface area contributed by atoms with Gasteiger partial charge < -0.3 is 15.6 Å². The Balaban J connectivity index is 2.72. The van der Waals surface area contributed by atoms with Gasteiger partial charge in [0.1, 0.15) is 17.2 Å². The minimum Gasteiger partial charge on any atom is -0.492 e. The lowest BCUT2D eigenvalue weighted by Crippen LogP contribution is -2.37. The Kier molecular flexibility index (Phi) is 4.61. The van der Waals surface area contributed by atoms with Crippen LogP contribution in [0, 0.1) is 11.6 Å². The van der Waals surface area contributed by atoms with E-state index < -0.39 is 42.8 Å². The minimum absolute atomic E-state index is 0.147. The van der Waals surface area contributed by atoms with Gasteiger partial charge in [0.05, 0.1) is 15.2 Å². The first-order chi connectivity index (χ1) is 11.1. The molecule has 2 aromatic rings. The van der Waals surface area contributed by atoms with Gasteiger partial charge in [-0.1, -0.05) is 30.9 Å². The van der Waals surface area contributed by atoms with E-state index >= 15 is 0 Å². The third-order valence-electron chi connectivity index (χ3n) is 3.62. The minimum atomic E-state index is -1.75. The molecule has 0 fully saturated rings. The molecule has 0 amide bonds. The SMILES string of the molecule is COc1c(C(=O)O)nc(-c2ccc([Si](C)(C)C)cc2F)c(F)c1N. The van der Waals surface area contributed by atoms with Gasteiger partial charge in [-0.05, 0) is 12.1 Å². The number of anilines is 1. The van der Waals surface area contributed by atoms with Crippen LogP contribution in [0.4, 0.5) is 14.5 Å². The summed E-state index contributed by atoms with van der Waals surface area (Å²) in [6.45, 7) is 6.15. The van der Waals surface area contributed by atoms with E-state index in [0.29, 0.717) is 0 Å². The summed E-state index contributed by atoms with van der Waals surface area (Å²) < 4.78 is 33.8. The number of carbonyl (C=O) groups is 1. The molecule has 128 valence electrons. The molecular formula is C16H18F2N2O3Si. The van der Waals surface area contributed by atoms with E-state index in [1.54, 1.807) is 6.07 Å². The highest BCUT2D eigenvalue weighted by Crippen LogP contribution is 2.34. The Morgan fingerprint density at radius 3 is 2.38 bits per heavy atom. The molecule has 0 radical (unpaired) electrons. The highest BCUT2D eigenvalue weighted by atomic mass is 28.3. The van der Waals surface area contributed by atoms with Crippen molar-refractivity contribution in [2.24, 2.45) is 0 Å². The maximum atomic E-state index is 14.5. The summed E-state index contributed by atoms with van der Waals surface area (Å²) in [5.41, 5.74) is 3.91. The van der Waals surface area contributed by atoms with Crippen molar-refractivity contribution in [2.45, 2.75) is 19.6 Å². The van der Waals surface area contributed by atoms with Crippen LogP contribution in [0.1, 0.15) is 10.5 Å². The van der Waals surface area contributed by atoms with E-state index in [1.165, 1.54) is 12.1 Å². The lowest BCUT2D eigenvalue weighted by molar-refractivity contribution is 0.0686. The van der Waals surface area contributed by atoms with Gasteiger partial charge in [-0.3, -0.25) is 0 Å². The zero-order valence-corrected chi connectivity index (χ0v) is 14.8. The maximum Gasteiger partial charge on any atom is 0.358 e. The zero-order valence-electron chi connectivity index (χ0n) is 13.8. The fourth-order valence-corrected chi connectivity index (χ4v) is 3.41. The number of pyridine rings is 1. The number of carboxylic acid groups (broad SMARTS) is 1. The summed E-state index contributed by atoms with van der Waals surface area (Å²) in [7, 11) is -0.595. The molecule has 0 saturated carbocycles. The molecule has 0 atom stereocenters. The maximum absolute atomic E-state index is 14.5. The second-order valence-electron chi connectivity index (χ2n) is 6.32. The number of carboxylic acids is 1. The third kappa shape index (κ3) is 3.09. The van der Waals surface area contributed by atoms with Crippen LogP contribution in [-0.4, -0.2) is 31.2 Å². The van der Waals surface area contributed by atoms with Crippen LogP contribution in [0.25, 0.3) is 11.3 Å². The number of hydrogen-bond acceptors (Lipinski definition) is 4. The highest BCUT2D eigenvalue weighted by molar-refractivity contribution is 6.88. The number of nitrogens with two attached hydrogens (primary N) is 1. The van der Waals surface area contributed by atoms with Crippen LogP contribution >= 0.6 is 0 Å². The quantitative estimate of drug-likeness (QED) is 0.827. The van der Waals surface area contributed by atoms with Crippen LogP contribution in [0.3, 0.4) is 0 Å². The zero-order chi connectivity index (χ0) is 18.2. The van der Waals surface area contributed by atoms with E-state index in [4.69, 9.17) is 10.5 Å². The summed E-state index contributed by atoms with van der Waals surface area (Å²) in [5, 5.41) is 10.0. The number of rotatable bonds is 4. The standard InChI is InChI=1S/C16H18F2N2O3Si/c1-23-15-12(19)11(18)13(20-14(15)16(21)22)9-6-5-8(7-10(9)17)24(2,3)4/h5-7H,1-4H3,(H2,19,20)(H,21,22). The predicted octanol–water partition coefficient (Wildman–Crippen LogP) is 2.86. The number of hydrogen-bond donors (Lipinski definition) is 2. The van der Waals surface area contributed by atoms with Crippen LogP contribution in [0.15, 0.2) is 18.2 Å². The van der Waals surface area contributed by atoms with Crippen molar-refractivity contribution in [2.75, 3.05) is 12.8 Å². The summed E-state index contributed by atoms with van der Waals surface area (Å²) in [4.78, 5) is 15.0. The Hall–Kier alpha value is -2.48. The molecule has 0 aliphatic carbocycles. The fraction of sp³-hybridized carbons (Fsp3) is 0.250. The smallest absolute Gasteiger partial charge is 0.358 e. The van der Waals surface area contributed by atoms with Crippen molar-refractivity contribution in [1.82, 2.24) is 4.98 Å². The molecule has 8 heteroatoms. The average Bonchev–Trinajstić information content (AvgIpc) is 2.49. The Morgan fingerprint density at radius 1 is 1.29 bits per heavy atom. The van der Waals surface area contributed by atoms with E-state index in [2.05, 4.69) is 4.98 Å². The molecular weight excluding hydrogens is 334 g/mol. The number of halogens is 2. The Labute approximate surface area is 139 Å². The number of aromatic nitrogens is 1. The number of nitrogens with zero attached hydrogens (tertiary/aromatic N) is 1. The number of aromatic carboxylic acids is 1. The predicted molar refractivity (Wildman–Crippen MR) is 90.5 cm³/mol. The Bertz CT molecular complexity index is 820. The first-order valence-electron chi connectivity index (χ1n) is 7.14. The molecule has 0 saturated heterocycles. The van der Waals surface area contributed by atoms with Crippen molar-refractivity contribution in [3.05, 3.63) is 35.5 Å². The van der Waals surface area contributed by atoms with Crippen LogP contribution in [-0.2, 0) is 0 Å². The van der Waals surface area contributed by atoms with Crippen LogP contribution in [0.5, 0.6) is 5.75 Å². The molecule has 0 aliphatic heterocycles. The van der Waals surface area contributed by atoms with Crippen molar-refractivity contribution in [3.63, 3.8) is 0 Å².